The van der Waals surface area contributed by atoms with Crippen LogP contribution in [0, 0.1) is 0 Å². The number of hydrogen-bond donors (Lipinski definition) is 0. The lowest BCUT2D eigenvalue weighted by Crippen LogP contribution is -1.91. The summed E-state index contributed by atoms with van der Waals surface area (Å²) in [6, 6.07) is 0. The third-order valence-electron chi connectivity index (χ3n) is 0.864. The van der Waals surface area contributed by atoms with E-state index in [0.717, 1.165) is 0 Å². The predicted octanol–water partition coefficient (Wildman–Crippen LogP) is 2.91. The van der Waals surface area contributed by atoms with E-state index in [1.54, 1.807) is 0 Å². The van der Waals surface area contributed by atoms with E-state index in [1.807, 2.05) is 11.8 Å². The highest BCUT2D eigenvalue weighted by Gasteiger charge is 1.92. The zero-order valence-electron chi connectivity index (χ0n) is 5.48. The van der Waals surface area contributed by atoms with Gasteiger partial charge in [0.25, 0.3) is 0 Å². The molecule has 0 aromatic rings. The molecule has 0 heterocycles. The Morgan fingerprint density at radius 2 is 2.25 bits per heavy atom. The van der Waals surface area contributed by atoms with Crippen molar-refractivity contribution < 1.29 is 0 Å². The van der Waals surface area contributed by atoms with E-state index in [-0.39, 0.29) is 0 Å². The second-order valence-electron chi connectivity index (χ2n) is 1.77. The maximum Gasteiger partial charge on any atom is 0.0125 e. The Hall–Kier alpha value is 0.830. The normalized spacial score (nSPS) is 13.9. The molecular weight excluding hydrogens is 184 g/mol. The molecule has 1 unspecified atom stereocenters. The van der Waals surface area contributed by atoms with Gasteiger partial charge in [0.2, 0.25) is 0 Å². The van der Waals surface area contributed by atoms with Gasteiger partial charge in [-0.05, 0) is 17.9 Å². The first-order chi connectivity index (χ1) is 3.77. The van der Waals surface area contributed by atoms with Crippen LogP contribution in [0.2, 0.25) is 0 Å². The third-order valence-corrected chi connectivity index (χ3v) is 2.25. The molecule has 0 spiro atoms. The van der Waals surface area contributed by atoms with Crippen molar-refractivity contribution in [3.8, 4) is 0 Å². The molecule has 50 valence electrons. The van der Waals surface area contributed by atoms with Crippen LogP contribution in [0.25, 0.3) is 0 Å². The minimum atomic E-state index is 0.696. The highest BCUT2D eigenvalue weighted by atomic mass is 79.9. The molecule has 0 fully saturated rings. The summed E-state index contributed by atoms with van der Waals surface area (Å²) >= 11 is 5.50. The first-order valence-electron chi connectivity index (χ1n) is 2.99. The molecule has 0 aromatic carbocycles. The van der Waals surface area contributed by atoms with Crippen LogP contribution in [0.5, 0.6) is 0 Å². The molecule has 0 radical (unpaired) electrons. The van der Waals surface area contributed by atoms with Crippen LogP contribution in [-0.2, 0) is 0 Å². The molecule has 0 aliphatic heterocycles. The maximum atomic E-state index is 3.49. The van der Waals surface area contributed by atoms with Crippen LogP contribution in [0.3, 0.4) is 0 Å². The average molecular weight is 197 g/mol. The smallest absolute Gasteiger partial charge is 0.0125 e. The van der Waals surface area contributed by atoms with Crippen LogP contribution in [0.15, 0.2) is 0 Å². The van der Waals surface area contributed by atoms with E-state index >= 15 is 0 Å². The summed E-state index contributed by atoms with van der Waals surface area (Å²) in [6.45, 7) is 4.39. The number of thioether (sulfide) groups is 1. The molecule has 8 heavy (non-hydrogen) atoms. The molecule has 0 amide bonds. The number of hydrogen-bond acceptors (Lipinski definition) is 1. The summed E-state index contributed by atoms with van der Waals surface area (Å²) < 4.78 is 0. The van der Waals surface area contributed by atoms with Crippen molar-refractivity contribution in [1.82, 2.24) is 0 Å². The van der Waals surface area contributed by atoms with Crippen LogP contribution in [0.4, 0.5) is 0 Å². The third kappa shape index (κ3) is 6.83. The van der Waals surface area contributed by atoms with Gasteiger partial charge in [0.05, 0.1) is 0 Å². The number of alkyl halides is 1. The van der Waals surface area contributed by atoms with Crippen molar-refractivity contribution in [3.05, 3.63) is 0 Å². The van der Waals surface area contributed by atoms with E-state index in [9.17, 15) is 0 Å². The number of rotatable bonds is 4. The Morgan fingerprint density at radius 3 is 2.62 bits per heavy atom. The summed E-state index contributed by atoms with van der Waals surface area (Å²) in [6.07, 6.45) is 1.29. The zero-order chi connectivity index (χ0) is 6.41. The molecule has 0 aromatic heterocycles. The van der Waals surface area contributed by atoms with E-state index in [1.165, 1.54) is 17.9 Å². The van der Waals surface area contributed by atoms with Gasteiger partial charge in [-0.3, -0.25) is 0 Å². The van der Waals surface area contributed by atoms with E-state index in [2.05, 4.69) is 29.8 Å². The highest BCUT2D eigenvalue weighted by molar-refractivity contribution is 9.09. The minimum Gasteiger partial charge on any atom is -0.162 e. The van der Waals surface area contributed by atoms with E-state index in [4.69, 9.17) is 0 Å². The topological polar surface area (TPSA) is 0 Å². The number of halogens is 1. The molecule has 0 aliphatic carbocycles. The van der Waals surface area contributed by atoms with Crippen molar-refractivity contribution in [1.29, 1.82) is 0 Å². The first-order valence-corrected chi connectivity index (χ1v) is 5.06. The molecule has 0 saturated heterocycles. The monoisotopic (exact) mass is 196 g/mol. The standard InChI is InChI=1S/C6H13BrS/c1-3-8-5-4-6(2)7/h6H,3-5H2,1-2H3. The predicted molar refractivity (Wildman–Crippen MR) is 46.0 cm³/mol. The summed E-state index contributed by atoms with van der Waals surface area (Å²) in [5.41, 5.74) is 0. The Balaban J connectivity index is 2.72. The summed E-state index contributed by atoms with van der Waals surface area (Å²) in [5.74, 6) is 2.54. The lowest BCUT2D eigenvalue weighted by Gasteiger charge is -1.99. The fourth-order valence-electron chi connectivity index (χ4n) is 0.390. The van der Waals surface area contributed by atoms with Crippen LogP contribution in [0.1, 0.15) is 20.3 Å². The first kappa shape index (κ1) is 8.83. The van der Waals surface area contributed by atoms with Crippen molar-refractivity contribution in [3.63, 3.8) is 0 Å². The van der Waals surface area contributed by atoms with Crippen molar-refractivity contribution in [2.75, 3.05) is 11.5 Å². The second kappa shape index (κ2) is 5.96. The average Bonchev–Trinajstić information content (AvgIpc) is 1.66. The fraction of sp³-hybridized carbons (Fsp3) is 1.00. The quantitative estimate of drug-likeness (QED) is 0.493. The van der Waals surface area contributed by atoms with Gasteiger partial charge in [0.1, 0.15) is 0 Å². The molecule has 0 aliphatic rings. The molecule has 1 atom stereocenters. The molecular formula is C6H13BrS. The van der Waals surface area contributed by atoms with Gasteiger partial charge in [0, 0.05) is 4.83 Å². The van der Waals surface area contributed by atoms with Gasteiger partial charge in [-0.1, -0.05) is 29.8 Å². The van der Waals surface area contributed by atoms with Crippen LogP contribution in [-0.4, -0.2) is 16.3 Å². The summed E-state index contributed by atoms with van der Waals surface area (Å²) in [5, 5.41) is 0. The minimum absolute atomic E-state index is 0.696. The SMILES string of the molecule is CCSCCC(C)Br. The Morgan fingerprint density at radius 1 is 1.62 bits per heavy atom. The van der Waals surface area contributed by atoms with Crippen LogP contribution < -0.4 is 0 Å². The van der Waals surface area contributed by atoms with Gasteiger partial charge >= 0.3 is 0 Å². The summed E-state index contributed by atoms with van der Waals surface area (Å²) in [7, 11) is 0. The van der Waals surface area contributed by atoms with E-state index < -0.39 is 0 Å². The van der Waals surface area contributed by atoms with Gasteiger partial charge in [-0.25, -0.2) is 0 Å². The maximum absolute atomic E-state index is 3.49. The van der Waals surface area contributed by atoms with Gasteiger partial charge < -0.3 is 0 Å². The highest BCUT2D eigenvalue weighted by Crippen LogP contribution is 2.08. The van der Waals surface area contributed by atoms with Crippen molar-refractivity contribution in [2.45, 2.75) is 25.1 Å². The Labute approximate surface area is 64.6 Å². The summed E-state index contributed by atoms with van der Waals surface area (Å²) in [4.78, 5) is 0.696. The lowest BCUT2D eigenvalue weighted by atomic mass is 10.4. The Bertz CT molecular complexity index is 45.8. The fourth-order valence-corrected chi connectivity index (χ4v) is 1.73. The molecule has 2 heteroatoms. The molecule has 0 rings (SSSR count). The Kier molecular flexibility index (Phi) is 6.58. The molecule has 0 bridgehead atoms. The van der Waals surface area contributed by atoms with Crippen molar-refractivity contribution >= 4 is 27.7 Å². The second-order valence-corrected chi connectivity index (χ2v) is 4.72. The largest absolute Gasteiger partial charge is 0.162 e. The van der Waals surface area contributed by atoms with Crippen LogP contribution >= 0.6 is 27.7 Å². The van der Waals surface area contributed by atoms with E-state index in [0.29, 0.717) is 4.83 Å². The molecule has 0 saturated carbocycles. The van der Waals surface area contributed by atoms with Gasteiger partial charge in [0.15, 0.2) is 0 Å². The molecule has 0 nitrogen and oxygen atoms in total. The lowest BCUT2D eigenvalue weighted by molar-refractivity contribution is 0.933. The van der Waals surface area contributed by atoms with Gasteiger partial charge in [-0.15, -0.1) is 0 Å². The van der Waals surface area contributed by atoms with Crippen molar-refractivity contribution in [2.24, 2.45) is 0 Å². The zero-order valence-corrected chi connectivity index (χ0v) is 7.89. The van der Waals surface area contributed by atoms with Gasteiger partial charge in [-0.2, -0.15) is 11.8 Å². The molecule has 0 N–H and O–H groups in total.